The molecule has 1 amide bonds. The van der Waals surface area contributed by atoms with Gasteiger partial charge in [-0.15, -0.1) is 0 Å². The molecule has 0 spiro atoms. The predicted octanol–water partition coefficient (Wildman–Crippen LogP) is 5.51. The van der Waals surface area contributed by atoms with Crippen LogP contribution in [0.3, 0.4) is 0 Å². The van der Waals surface area contributed by atoms with Crippen molar-refractivity contribution in [1.82, 2.24) is 14.5 Å². The number of aryl methyl sites for hydroxylation is 1. The number of hydrogen-bond donors (Lipinski definition) is 2. The molecule has 2 aromatic heterocycles. The third kappa shape index (κ3) is 4.51. The molecule has 2 heterocycles. The van der Waals surface area contributed by atoms with E-state index >= 15 is 0 Å². The average Bonchev–Trinajstić information content (AvgIpc) is 3.12. The molecule has 0 aliphatic rings. The first-order valence-corrected chi connectivity index (χ1v) is 11.1. The maximum Gasteiger partial charge on any atom is 0.411 e. The summed E-state index contributed by atoms with van der Waals surface area (Å²) in [5.41, 5.74) is 10.7. The smallest absolute Gasteiger partial charge is 0.411 e. The summed E-state index contributed by atoms with van der Waals surface area (Å²) in [4.78, 5) is 21.3. The van der Waals surface area contributed by atoms with Gasteiger partial charge in [-0.3, -0.25) is 5.32 Å². The van der Waals surface area contributed by atoms with Crippen LogP contribution in [-0.2, 0) is 17.7 Å². The van der Waals surface area contributed by atoms with Crippen LogP contribution >= 0.6 is 0 Å². The zero-order valence-electron chi connectivity index (χ0n) is 18.8. The number of benzene rings is 2. The maximum absolute atomic E-state index is 11.8. The second-order valence-corrected chi connectivity index (χ2v) is 8.21. The number of unbranched alkanes of at least 4 members (excludes halogenated alkanes) is 1. The van der Waals surface area contributed by atoms with Crippen LogP contribution in [0.1, 0.15) is 45.0 Å². The molecular weight excluding hydrogens is 402 g/mol. The number of aromatic nitrogens is 3. The number of nitrogens with one attached hydrogen (secondary N) is 1. The molecule has 7 heteroatoms. The van der Waals surface area contributed by atoms with Crippen molar-refractivity contribution in [2.45, 2.75) is 52.7 Å². The van der Waals surface area contributed by atoms with Gasteiger partial charge >= 0.3 is 6.09 Å². The topological polar surface area (TPSA) is 95.1 Å². The van der Waals surface area contributed by atoms with Crippen LogP contribution in [0.15, 0.2) is 48.5 Å². The average molecular weight is 432 g/mol. The van der Waals surface area contributed by atoms with Gasteiger partial charge in [-0.25, -0.2) is 14.8 Å². The number of carbonyl (C=O) groups is 1. The quantitative estimate of drug-likeness (QED) is 0.402. The molecule has 0 radical (unpaired) electrons. The number of pyridine rings is 1. The van der Waals surface area contributed by atoms with E-state index in [2.05, 4.69) is 27.9 Å². The van der Waals surface area contributed by atoms with E-state index in [1.165, 1.54) is 0 Å². The van der Waals surface area contributed by atoms with E-state index in [1.807, 2.05) is 56.3 Å². The molecule has 0 aliphatic carbocycles. The van der Waals surface area contributed by atoms with Crippen LogP contribution in [0.2, 0.25) is 0 Å². The fourth-order valence-corrected chi connectivity index (χ4v) is 3.84. The van der Waals surface area contributed by atoms with Crippen molar-refractivity contribution in [3.63, 3.8) is 0 Å². The number of rotatable bonds is 7. The molecule has 0 saturated carbocycles. The lowest BCUT2D eigenvalue weighted by Gasteiger charge is -2.12. The molecule has 0 aliphatic heterocycles. The van der Waals surface area contributed by atoms with Crippen molar-refractivity contribution in [2.75, 3.05) is 11.1 Å². The van der Waals surface area contributed by atoms with Gasteiger partial charge in [0.05, 0.1) is 17.1 Å². The summed E-state index contributed by atoms with van der Waals surface area (Å²) in [6.07, 6.45) is 2.39. The highest BCUT2D eigenvalue weighted by molar-refractivity contribution is 6.06. The predicted molar refractivity (Wildman–Crippen MR) is 129 cm³/mol. The number of nitrogen functional groups attached to an aromatic ring is 1. The van der Waals surface area contributed by atoms with E-state index in [0.29, 0.717) is 18.1 Å². The Morgan fingerprint density at radius 3 is 2.59 bits per heavy atom. The van der Waals surface area contributed by atoms with Gasteiger partial charge in [0.15, 0.2) is 5.82 Å². The number of amides is 1. The Morgan fingerprint density at radius 2 is 1.88 bits per heavy atom. The third-order valence-corrected chi connectivity index (χ3v) is 5.33. The van der Waals surface area contributed by atoms with Crippen molar-refractivity contribution in [3.05, 3.63) is 59.9 Å². The minimum Gasteiger partial charge on any atom is -0.447 e. The first kappa shape index (κ1) is 21.6. The van der Waals surface area contributed by atoms with E-state index in [4.69, 9.17) is 15.5 Å². The maximum atomic E-state index is 11.8. The first-order chi connectivity index (χ1) is 15.5. The summed E-state index contributed by atoms with van der Waals surface area (Å²) < 4.78 is 7.39. The molecule has 0 saturated heterocycles. The summed E-state index contributed by atoms with van der Waals surface area (Å²) in [5.74, 6) is 1.47. The molecule has 4 aromatic rings. The van der Waals surface area contributed by atoms with Crippen LogP contribution in [0, 0.1) is 0 Å². The molecule has 7 nitrogen and oxygen atoms in total. The van der Waals surface area contributed by atoms with E-state index < -0.39 is 6.09 Å². The number of fused-ring (bicyclic) bond motifs is 3. The number of hydrogen-bond acceptors (Lipinski definition) is 5. The van der Waals surface area contributed by atoms with Gasteiger partial charge in [0, 0.05) is 24.0 Å². The number of ether oxygens (including phenoxy) is 1. The van der Waals surface area contributed by atoms with Gasteiger partial charge in [-0.2, -0.15) is 0 Å². The number of imidazole rings is 1. The number of nitrogens with two attached hydrogens (primary N) is 1. The fourth-order valence-electron chi connectivity index (χ4n) is 3.84. The van der Waals surface area contributed by atoms with E-state index in [0.717, 1.165) is 52.6 Å². The standard InChI is InChI=1S/C25H29N5O2/c1-4-5-10-21-29-22-23(19-8-6-7-9-20(19)28-24(22)26)30(21)15-17-11-13-18(14-12-17)27-25(31)32-16(2)3/h6-9,11-14,16H,4-5,10,15H2,1-3H3,(H2,26,28)(H,27,31). The van der Waals surface area contributed by atoms with Crippen molar-refractivity contribution < 1.29 is 9.53 Å². The van der Waals surface area contributed by atoms with Gasteiger partial charge in [-0.05, 0) is 44.0 Å². The van der Waals surface area contributed by atoms with Crippen molar-refractivity contribution in [2.24, 2.45) is 0 Å². The first-order valence-electron chi connectivity index (χ1n) is 11.1. The molecule has 2 aromatic carbocycles. The van der Waals surface area contributed by atoms with Crippen LogP contribution in [0.25, 0.3) is 21.9 Å². The molecule has 3 N–H and O–H groups in total. The Balaban J connectivity index is 1.70. The SMILES string of the molecule is CCCCc1nc2c(N)nc3ccccc3c2n1Cc1ccc(NC(=O)OC(C)C)cc1. The van der Waals surface area contributed by atoms with Crippen LogP contribution < -0.4 is 11.1 Å². The summed E-state index contributed by atoms with van der Waals surface area (Å²) in [6, 6.07) is 15.8. The second kappa shape index (κ2) is 9.26. The highest BCUT2D eigenvalue weighted by atomic mass is 16.6. The van der Waals surface area contributed by atoms with E-state index in [1.54, 1.807) is 0 Å². The fraction of sp³-hybridized carbons (Fsp3) is 0.320. The lowest BCUT2D eigenvalue weighted by Crippen LogP contribution is -2.17. The largest absolute Gasteiger partial charge is 0.447 e. The Kier molecular flexibility index (Phi) is 6.25. The lowest BCUT2D eigenvalue weighted by molar-refractivity contribution is 0.130. The highest BCUT2D eigenvalue weighted by Crippen LogP contribution is 2.30. The monoisotopic (exact) mass is 431 g/mol. The Bertz CT molecular complexity index is 1240. The van der Waals surface area contributed by atoms with Crippen LogP contribution in [0.4, 0.5) is 16.3 Å². The van der Waals surface area contributed by atoms with Crippen LogP contribution in [0.5, 0.6) is 0 Å². The minimum atomic E-state index is -0.454. The van der Waals surface area contributed by atoms with Gasteiger partial charge in [-0.1, -0.05) is 43.7 Å². The summed E-state index contributed by atoms with van der Waals surface area (Å²) in [7, 11) is 0. The highest BCUT2D eigenvalue weighted by Gasteiger charge is 2.17. The zero-order chi connectivity index (χ0) is 22.7. The Hall–Kier alpha value is -3.61. The van der Waals surface area contributed by atoms with Crippen molar-refractivity contribution >= 4 is 39.5 Å². The van der Waals surface area contributed by atoms with Gasteiger partial charge in [0.2, 0.25) is 0 Å². The molecule has 0 unspecified atom stereocenters. The Labute approximate surface area is 187 Å². The summed E-state index contributed by atoms with van der Waals surface area (Å²) >= 11 is 0. The second-order valence-electron chi connectivity index (χ2n) is 8.21. The molecule has 4 rings (SSSR count). The molecule has 0 bridgehead atoms. The molecular formula is C25H29N5O2. The molecule has 0 fully saturated rings. The number of anilines is 2. The summed E-state index contributed by atoms with van der Waals surface area (Å²) in [6.45, 7) is 6.47. The number of nitrogens with zero attached hydrogens (tertiary/aromatic N) is 3. The lowest BCUT2D eigenvalue weighted by atomic mass is 10.1. The number of para-hydroxylation sites is 1. The molecule has 32 heavy (non-hydrogen) atoms. The molecule has 166 valence electrons. The van der Waals surface area contributed by atoms with E-state index in [-0.39, 0.29) is 6.10 Å². The minimum absolute atomic E-state index is 0.165. The van der Waals surface area contributed by atoms with Crippen molar-refractivity contribution in [3.8, 4) is 0 Å². The van der Waals surface area contributed by atoms with Crippen LogP contribution in [-0.4, -0.2) is 26.7 Å². The van der Waals surface area contributed by atoms with Crippen molar-refractivity contribution in [1.29, 1.82) is 0 Å². The Morgan fingerprint density at radius 1 is 1.12 bits per heavy atom. The van der Waals surface area contributed by atoms with Gasteiger partial charge in [0.1, 0.15) is 11.3 Å². The van der Waals surface area contributed by atoms with Gasteiger partial charge in [0.25, 0.3) is 0 Å². The van der Waals surface area contributed by atoms with E-state index in [9.17, 15) is 4.79 Å². The third-order valence-electron chi connectivity index (χ3n) is 5.33. The molecule has 0 atom stereocenters. The summed E-state index contributed by atoms with van der Waals surface area (Å²) in [5, 5.41) is 3.80. The van der Waals surface area contributed by atoms with Gasteiger partial charge < -0.3 is 15.0 Å². The normalized spacial score (nSPS) is 11.4. The zero-order valence-corrected chi connectivity index (χ0v) is 18.8. The number of carbonyl (C=O) groups excluding carboxylic acids is 1.